The van der Waals surface area contributed by atoms with Crippen molar-refractivity contribution in [2.45, 2.75) is 25.2 Å². The van der Waals surface area contributed by atoms with Gasteiger partial charge in [0.2, 0.25) is 0 Å². The van der Waals surface area contributed by atoms with Crippen molar-refractivity contribution in [1.82, 2.24) is 0 Å². The summed E-state index contributed by atoms with van der Waals surface area (Å²) in [5.41, 5.74) is 14.2. The molecule has 3 aromatic rings. The minimum atomic E-state index is 0.500. The average molecular weight is 280 g/mol. The Morgan fingerprint density at radius 1 is 0.455 bits per heavy atom. The molecule has 0 unspecified atom stereocenters. The number of hydrogen-bond acceptors (Lipinski definition) is 0. The lowest BCUT2D eigenvalue weighted by molar-refractivity contribution is 0.777. The van der Waals surface area contributed by atoms with E-state index in [4.69, 9.17) is 0 Å². The normalized spacial score (nSPS) is 16.4. The van der Waals surface area contributed by atoms with Crippen LogP contribution in [0.15, 0.2) is 54.6 Å². The first-order chi connectivity index (χ1) is 10.9. The zero-order valence-corrected chi connectivity index (χ0v) is 12.4. The molecule has 22 heavy (non-hydrogen) atoms. The molecule has 0 saturated heterocycles. The molecule has 0 amide bonds. The molecular formula is C22H16. The molecule has 0 radical (unpaired) electrons. The van der Waals surface area contributed by atoms with Crippen LogP contribution in [0.25, 0.3) is 0 Å². The molecule has 6 rings (SSSR count). The van der Waals surface area contributed by atoms with Crippen LogP contribution >= 0.6 is 0 Å². The van der Waals surface area contributed by atoms with Crippen molar-refractivity contribution in [2.75, 3.05) is 0 Å². The maximum Gasteiger partial charge on any atom is 0.0357 e. The van der Waals surface area contributed by atoms with Gasteiger partial charge in [-0.3, -0.25) is 0 Å². The summed E-state index contributed by atoms with van der Waals surface area (Å²) in [6.45, 7) is 0. The van der Waals surface area contributed by atoms with E-state index in [1.165, 1.54) is 0 Å². The Balaban J connectivity index is 1.80. The van der Waals surface area contributed by atoms with Gasteiger partial charge in [0.25, 0.3) is 0 Å². The lowest BCUT2D eigenvalue weighted by atomic mass is 9.63. The maximum atomic E-state index is 2.34. The SMILES string of the molecule is c1cc2c3c(c1)Cc1cccc4c1C3c1c(cccc1C4)C2. The standard InChI is InChI=1S/C22H16/c1-4-13-10-15-6-2-8-17-12-18-9-3-7-16-11-14(5-1)19(13)22(20(15)17)21(16)18/h1-9,22H,10-12H2. The summed E-state index contributed by atoms with van der Waals surface area (Å²) in [6, 6.07) is 20.8. The Morgan fingerprint density at radius 3 is 1.00 bits per heavy atom. The van der Waals surface area contributed by atoms with Gasteiger partial charge >= 0.3 is 0 Å². The Labute approximate surface area is 130 Å². The van der Waals surface area contributed by atoms with Crippen LogP contribution in [0.2, 0.25) is 0 Å². The Morgan fingerprint density at radius 2 is 0.727 bits per heavy atom. The number of rotatable bonds is 0. The van der Waals surface area contributed by atoms with E-state index in [1.54, 1.807) is 50.1 Å². The molecule has 0 nitrogen and oxygen atoms in total. The van der Waals surface area contributed by atoms with E-state index in [9.17, 15) is 0 Å². The highest BCUT2D eigenvalue weighted by Gasteiger charge is 2.38. The molecule has 0 fully saturated rings. The van der Waals surface area contributed by atoms with Crippen LogP contribution < -0.4 is 0 Å². The average Bonchev–Trinajstić information content (AvgIpc) is 2.55. The molecule has 0 bridgehead atoms. The molecule has 0 saturated carbocycles. The van der Waals surface area contributed by atoms with Crippen molar-refractivity contribution in [3.8, 4) is 0 Å². The lowest BCUT2D eigenvalue weighted by Gasteiger charge is -2.40. The van der Waals surface area contributed by atoms with Gasteiger partial charge in [-0.1, -0.05) is 54.6 Å². The van der Waals surface area contributed by atoms with Gasteiger partial charge < -0.3 is 0 Å². The van der Waals surface area contributed by atoms with Crippen LogP contribution in [0.3, 0.4) is 0 Å². The summed E-state index contributed by atoms with van der Waals surface area (Å²) in [7, 11) is 0. The minimum Gasteiger partial charge on any atom is -0.0617 e. The van der Waals surface area contributed by atoms with Gasteiger partial charge in [-0.25, -0.2) is 0 Å². The summed E-state index contributed by atoms with van der Waals surface area (Å²) in [4.78, 5) is 0. The first kappa shape index (κ1) is 11.3. The first-order valence-corrected chi connectivity index (χ1v) is 8.22. The fourth-order valence-corrected chi connectivity index (χ4v) is 5.08. The van der Waals surface area contributed by atoms with Crippen molar-refractivity contribution in [3.05, 3.63) is 105 Å². The summed E-state index contributed by atoms with van der Waals surface area (Å²) >= 11 is 0. The fraction of sp³-hybridized carbons (Fsp3) is 0.182. The summed E-state index contributed by atoms with van der Waals surface area (Å²) in [5.74, 6) is 0.500. The molecule has 0 aliphatic heterocycles. The van der Waals surface area contributed by atoms with Gasteiger partial charge in [0.05, 0.1) is 0 Å². The molecule has 3 aromatic carbocycles. The van der Waals surface area contributed by atoms with Gasteiger partial charge in [0.15, 0.2) is 0 Å². The molecule has 0 heterocycles. The molecule has 0 heteroatoms. The van der Waals surface area contributed by atoms with Crippen molar-refractivity contribution in [3.63, 3.8) is 0 Å². The van der Waals surface area contributed by atoms with E-state index in [1.807, 2.05) is 0 Å². The van der Waals surface area contributed by atoms with Gasteiger partial charge in [0.1, 0.15) is 0 Å². The first-order valence-electron chi connectivity index (χ1n) is 8.22. The van der Waals surface area contributed by atoms with Crippen LogP contribution in [0.5, 0.6) is 0 Å². The topological polar surface area (TPSA) is 0 Å². The molecular weight excluding hydrogens is 264 g/mol. The van der Waals surface area contributed by atoms with E-state index in [-0.39, 0.29) is 0 Å². The smallest absolute Gasteiger partial charge is 0.0357 e. The van der Waals surface area contributed by atoms with Gasteiger partial charge in [-0.05, 0) is 69.3 Å². The highest BCUT2D eigenvalue weighted by Crippen LogP contribution is 2.51. The summed E-state index contributed by atoms with van der Waals surface area (Å²) in [6.07, 6.45) is 3.33. The van der Waals surface area contributed by atoms with Crippen molar-refractivity contribution in [2.24, 2.45) is 0 Å². The molecule has 3 aliphatic carbocycles. The fourth-order valence-electron chi connectivity index (χ4n) is 5.08. The van der Waals surface area contributed by atoms with Crippen LogP contribution in [0.1, 0.15) is 56.0 Å². The van der Waals surface area contributed by atoms with E-state index in [0.29, 0.717) is 5.92 Å². The third-order valence-corrected chi connectivity index (χ3v) is 5.87. The minimum absolute atomic E-state index is 0.500. The highest BCUT2D eigenvalue weighted by atomic mass is 14.4. The molecule has 0 aromatic heterocycles. The second-order valence-corrected chi connectivity index (χ2v) is 6.93. The van der Waals surface area contributed by atoms with Crippen LogP contribution in [-0.2, 0) is 19.3 Å². The molecule has 104 valence electrons. The largest absolute Gasteiger partial charge is 0.0617 e. The molecule has 0 N–H and O–H groups in total. The zero-order chi connectivity index (χ0) is 14.3. The molecule has 0 spiro atoms. The van der Waals surface area contributed by atoms with Gasteiger partial charge in [-0.15, -0.1) is 0 Å². The number of hydrogen-bond donors (Lipinski definition) is 0. The van der Waals surface area contributed by atoms with Crippen molar-refractivity contribution < 1.29 is 0 Å². The molecule has 0 atom stereocenters. The third-order valence-electron chi connectivity index (χ3n) is 5.87. The van der Waals surface area contributed by atoms with Crippen LogP contribution in [-0.4, -0.2) is 0 Å². The van der Waals surface area contributed by atoms with E-state index in [2.05, 4.69) is 54.6 Å². The van der Waals surface area contributed by atoms with Crippen LogP contribution in [0.4, 0.5) is 0 Å². The van der Waals surface area contributed by atoms with E-state index >= 15 is 0 Å². The summed E-state index contributed by atoms with van der Waals surface area (Å²) in [5, 5.41) is 0. The second kappa shape index (κ2) is 3.70. The van der Waals surface area contributed by atoms with Crippen molar-refractivity contribution in [1.29, 1.82) is 0 Å². The van der Waals surface area contributed by atoms with Gasteiger partial charge in [0, 0.05) is 5.92 Å². The van der Waals surface area contributed by atoms with E-state index < -0.39 is 0 Å². The second-order valence-electron chi connectivity index (χ2n) is 6.93. The Hall–Kier alpha value is -2.34. The molecule has 3 aliphatic rings. The monoisotopic (exact) mass is 280 g/mol. The predicted molar refractivity (Wildman–Crippen MR) is 88.7 cm³/mol. The number of benzene rings is 3. The zero-order valence-electron chi connectivity index (χ0n) is 12.4. The lowest BCUT2D eigenvalue weighted by Crippen LogP contribution is -2.27. The Bertz CT molecular complexity index is 774. The third kappa shape index (κ3) is 1.21. The Kier molecular flexibility index (Phi) is 1.89. The quantitative estimate of drug-likeness (QED) is 0.382. The maximum absolute atomic E-state index is 2.34. The van der Waals surface area contributed by atoms with E-state index in [0.717, 1.165) is 19.3 Å². The predicted octanol–water partition coefficient (Wildman–Crippen LogP) is 4.58. The van der Waals surface area contributed by atoms with Crippen molar-refractivity contribution >= 4 is 0 Å². The van der Waals surface area contributed by atoms with Crippen LogP contribution in [0, 0.1) is 0 Å². The van der Waals surface area contributed by atoms with Gasteiger partial charge in [-0.2, -0.15) is 0 Å². The highest BCUT2D eigenvalue weighted by molar-refractivity contribution is 5.67. The summed E-state index contributed by atoms with van der Waals surface area (Å²) < 4.78 is 0.